The van der Waals surface area contributed by atoms with Gasteiger partial charge in [-0.1, -0.05) is 10.3 Å². The summed E-state index contributed by atoms with van der Waals surface area (Å²) in [7, 11) is 1.81. The van der Waals surface area contributed by atoms with Crippen LogP contribution in [0.3, 0.4) is 0 Å². The van der Waals surface area contributed by atoms with Crippen molar-refractivity contribution in [3.8, 4) is 11.3 Å². The second kappa shape index (κ2) is 5.80. The Balaban J connectivity index is 1.84. The zero-order valence-corrected chi connectivity index (χ0v) is 14.7. The Morgan fingerprint density at radius 1 is 1.15 bits per heavy atom. The summed E-state index contributed by atoms with van der Waals surface area (Å²) in [6, 6.07) is 1.71. The van der Waals surface area contributed by atoms with Gasteiger partial charge in [0.15, 0.2) is 5.76 Å². The highest BCUT2D eigenvalue weighted by Gasteiger charge is 2.21. The van der Waals surface area contributed by atoms with E-state index in [1.54, 1.807) is 37.7 Å². The number of amides is 1. The van der Waals surface area contributed by atoms with Gasteiger partial charge < -0.3 is 14.4 Å². The van der Waals surface area contributed by atoms with E-state index in [2.05, 4.69) is 25.7 Å². The lowest BCUT2D eigenvalue weighted by molar-refractivity contribution is 0.102. The Morgan fingerprint density at radius 3 is 2.58 bits per heavy atom. The maximum atomic E-state index is 13.0. The summed E-state index contributed by atoms with van der Waals surface area (Å²) in [6.07, 6.45) is 3.49. The highest BCUT2D eigenvalue weighted by molar-refractivity contribution is 6.13. The molecule has 4 heterocycles. The third-order valence-corrected chi connectivity index (χ3v) is 4.13. The summed E-state index contributed by atoms with van der Waals surface area (Å²) in [5.74, 6) is 0.221. The van der Waals surface area contributed by atoms with E-state index in [1.165, 1.54) is 0 Å². The first-order valence-electron chi connectivity index (χ1n) is 7.94. The van der Waals surface area contributed by atoms with E-state index < -0.39 is 0 Å². The minimum absolute atomic E-state index is 0.299. The molecule has 9 heteroatoms. The predicted octanol–water partition coefficient (Wildman–Crippen LogP) is 2.79. The normalized spacial score (nSPS) is 11.2. The Kier molecular flexibility index (Phi) is 3.57. The Hall–Kier alpha value is -3.49. The zero-order chi connectivity index (χ0) is 18.4. The number of nitrogens with zero attached hydrogens (tertiary/aromatic N) is 5. The van der Waals surface area contributed by atoms with E-state index in [9.17, 15) is 4.79 Å². The molecule has 4 aromatic heterocycles. The molecule has 0 fully saturated rings. The van der Waals surface area contributed by atoms with Gasteiger partial charge in [0.25, 0.3) is 11.6 Å². The molecule has 0 aliphatic carbocycles. The number of anilines is 1. The van der Waals surface area contributed by atoms with E-state index >= 15 is 0 Å². The quantitative estimate of drug-likeness (QED) is 0.603. The molecule has 0 spiro atoms. The van der Waals surface area contributed by atoms with Crippen molar-refractivity contribution in [2.75, 3.05) is 5.32 Å². The number of pyridine rings is 1. The van der Waals surface area contributed by atoms with Crippen LogP contribution in [0.25, 0.3) is 22.4 Å². The average molecular weight is 352 g/mol. The summed E-state index contributed by atoms with van der Waals surface area (Å²) >= 11 is 0. The molecular weight excluding hydrogens is 336 g/mol. The van der Waals surface area contributed by atoms with E-state index in [-0.39, 0.29) is 5.91 Å². The maximum Gasteiger partial charge on any atom is 0.259 e. The predicted molar refractivity (Wildman–Crippen MR) is 92.7 cm³/mol. The van der Waals surface area contributed by atoms with Crippen molar-refractivity contribution >= 4 is 22.7 Å². The molecule has 4 aromatic rings. The topological polar surface area (TPSA) is 112 Å². The smallest absolute Gasteiger partial charge is 0.259 e. The van der Waals surface area contributed by atoms with Crippen LogP contribution in [0.15, 0.2) is 27.5 Å². The molecule has 0 radical (unpaired) electrons. The molecule has 132 valence electrons. The molecule has 0 atom stereocenters. The molecule has 0 aromatic carbocycles. The summed E-state index contributed by atoms with van der Waals surface area (Å²) < 4.78 is 12.1. The molecule has 0 saturated heterocycles. The summed E-state index contributed by atoms with van der Waals surface area (Å²) in [5.41, 5.74) is 3.81. The first-order valence-corrected chi connectivity index (χ1v) is 7.94. The number of rotatable bonds is 3. The molecule has 4 rings (SSSR count). The fourth-order valence-corrected chi connectivity index (χ4v) is 2.82. The first-order chi connectivity index (χ1) is 12.4. The largest absolute Gasteiger partial charge is 0.359 e. The molecule has 0 saturated carbocycles. The first kappa shape index (κ1) is 16.0. The lowest BCUT2D eigenvalue weighted by Crippen LogP contribution is -2.14. The van der Waals surface area contributed by atoms with Crippen molar-refractivity contribution in [2.24, 2.45) is 7.05 Å². The molecule has 0 bridgehead atoms. The van der Waals surface area contributed by atoms with Crippen molar-refractivity contribution < 1.29 is 13.8 Å². The van der Waals surface area contributed by atoms with Gasteiger partial charge in [0.1, 0.15) is 11.4 Å². The number of aromatic nitrogens is 5. The lowest BCUT2D eigenvalue weighted by Gasteiger charge is -2.07. The minimum Gasteiger partial charge on any atom is -0.359 e. The SMILES string of the molecule is Cc1noc(C)c1NC(=O)c1cc(-c2cnn(C)c2)nc2onc(C)c12. The van der Waals surface area contributed by atoms with Crippen LogP contribution in [0.4, 0.5) is 5.69 Å². The molecule has 1 amide bonds. The standard InChI is InChI=1S/C17H16N6O3/c1-8-14-12(16(24)20-15-9(2)22-25-10(15)3)5-13(19-17(14)26-21-8)11-6-18-23(4)7-11/h5-7H,1-4H3,(H,20,24). The van der Waals surface area contributed by atoms with Gasteiger partial charge in [-0.2, -0.15) is 5.10 Å². The molecular formula is C17H16N6O3. The average Bonchev–Trinajstić information content (AvgIpc) is 3.30. The summed E-state index contributed by atoms with van der Waals surface area (Å²) in [5, 5.41) is 15.4. The Morgan fingerprint density at radius 2 is 1.92 bits per heavy atom. The molecule has 26 heavy (non-hydrogen) atoms. The van der Waals surface area contributed by atoms with Gasteiger partial charge in [-0.25, -0.2) is 4.98 Å². The van der Waals surface area contributed by atoms with Gasteiger partial charge in [0.05, 0.1) is 28.5 Å². The lowest BCUT2D eigenvalue weighted by atomic mass is 10.1. The number of carbonyl (C=O) groups excluding carboxylic acids is 1. The van der Waals surface area contributed by atoms with Gasteiger partial charge in [0.2, 0.25) is 0 Å². The highest BCUT2D eigenvalue weighted by Crippen LogP contribution is 2.28. The third kappa shape index (κ3) is 2.53. The van der Waals surface area contributed by atoms with Gasteiger partial charge in [-0.3, -0.25) is 9.48 Å². The van der Waals surface area contributed by atoms with Crippen molar-refractivity contribution in [3.05, 3.63) is 41.2 Å². The summed E-state index contributed by atoms with van der Waals surface area (Å²) in [4.78, 5) is 17.4. The molecule has 0 unspecified atom stereocenters. The van der Waals surface area contributed by atoms with Gasteiger partial charge in [-0.05, 0) is 26.8 Å². The van der Waals surface area contributed by atoms with Crippen molar-refractivity contribution in [1.82, 2.24) is 25.1 Å². The third-order valence-electron chi connectivity index (χ3n) is 4.13. The van der Waals surface area contributed by atoms with Gasteiger partial charge >= 0.3 is 0 Å². The second-order valence-corrected chi connectivity index (χ2v) is 6.06. The highest BCUT2D eigenvalue weighted by atomic mass is 16.5. The van der Waals surface area contributed by atoms with Gasteiger partial charge in [0, 0.05) is 18.8 Å². The monoisotopic (exact) mass is 352 g/mol. The number of fused-ring (bicyclic) bond motifs is 1. The fraction of sp³-hybridized carbons (Fsp3) is 0.235. The molecule has 0 aliphatic heterocycles. The minimum atomic E-state index is -0.316. The van der Waals surface area contributed by atoms with Crippen LogP contribution in [0.5, 0.6) is 0 Å². The summed E-state index contributed by atoms with van der Waals surface area (Å²) in [6.45, 7) is 5.27. The van der Waals surface area contributed by atoms with Crippen LogP contribution in [-0.2, 0) is 7.05 Å². The molecule has 0 aliphatic rings. The Bertz CT molecular complexity index is 1120. The van der Waals surface area contributed by atoms with Crippen LogP contribution in [0.2, 0.25) is 0 Å². The van der Waals surface area contributed by atoms with Crippen LogP contribution in [0, 0.1) is 20.8 Å². The zero-order valence-electron chi connectivity index (χ0n) is 14.7. The van der Waals surface area contributed by atoms with E-state index in [0.29, 0.717) is 45.2 Å². The van der Waals surface area contributed by atoms with E-state index in [4.69, 9.17) is 9.05 Å². The molecule has 9 nitrogen and oxygen atoms in total. The second-order valence-electron chi connectivity index (χ2n) is 6.06. The van der Waals surface area contributed by atoms with Crippen molar-refractivity contribution in [2.45, 2.75) is 20.8 Å². The number of hydrogen-bond acceptors (Lipinski definition) is 7. The van der Waals surface area contributed by atoms with E-state index in [0.717, 1.165) is 5.56 Å². The number of nitrogens with one attached hydrogen (secondary N) is 1. The number of hydrogen-bond donors (Lipinski definition) is 1. The van der Waals surface area contributed by atoms with Crippen LogP contribution < -0.4 is 5.32 Å². The van der Waals surface area contributed by atoms with Gasteiger partial charge in [-0.15, -0.1) is 0 Å². The number of aryl methyl sites for hydroxylation is 4. The van der Waals surface area contributed by atoms with Crippen LogP contribution >= 0.6 is 0 Å². The number of carbonyl (C=O) groups is 1. The molecule has 1 N–H and O–H groups in total. The van der Waals surface area contributed by atoms with Crippen molar-refractivity contribution in [1.29, 1.82) is 0 Å². The van der Waals surface area contributed by atoms with E-state index in [1.807, 2.05) is 13.2 Å². The fourth-order valence-electron chi connectivity index (χ4n) is 2.82. The maximum absolute atomic E-state index is 13.0. The Labute approximate surface area is 148 Å². The van der Waals surface area contributed by atoms with Crippen LogP contribution in [-0.4, -0.2) is 31.0 Å². The van der Waals surface area contributed by atoms with Crippen LogP contribution in [0.1, 0.15) is 27.5 Å². The van der Waals surface area contributed by atoms with Crippen molar-refractivity contribution in [3.63, 3.8) is 0 Å².